The van der Waals surface area contributed by atoms with Crippen LogP contribution in [0.5, 0.6) is 0 Å². The van der Waals surface area contributed by atoms with Gasteiger partial charge < -0.3 is 15.5 Å². The third-order valence-corrected chi connectivity index (χ3v) is 7.50. The van der Waals surface area contributed by atoms with Gasteiger partial charge in [0.05, 0.1) is 5.75 Å². The fourth-order valence-electron chi connectivity index (χ4n) is 3.79. The van der Waals surface area contributed by atoms with E-state index in [-0.39, 0.29) is 35.8 Å². The van der Waals surface area contributed by atoms with Gasteiger partial charge in [0, 0.05) is 51.5 Å². The number of benzene rings is 1. The Balaban J connectivity index is 0.00000320. The van der Waals surface area contributed by atoms with Gasteiger partial charge in [0.2, 0.25) is 10.0 Å². The van der Waals surface area contributed by atoms with E-state index in [1.54, 1.807) is 11.4 Å². The van der Waals surface area contributed by atoms with Gasteiger partial charge in [-0.05, 0) is 37.0 Å². The van der Waals surface area contributed by atoms with Gasteiger partial charge in [0.25, 0.3) is 0 Å². The minimum absolute atomic E-state index is 0. The predicted molar refractivity (Wildman–Crippen MR) is 135 cm³/mol. The van der Waals surface area contributed by atoms with Crippen molar-refractivity contribution in [3.63, 3.8) is 0 Å². The number of sulfonamides is 1. The average Bonchev–Trinajstić information content (AvgIpc) is 3.26. The molecule has 0 amide bonds. The highest BCUT2D eigenvalue weighted by Crippen LogP contribution is 2.18. The monoisotopic (exact) mass is 547 g/mol. The third-order valence-electron chi connectivity index (χ3n) is 5.43. The Bertz CT molecular complexity index is 828. The fourth-order valence-corrected chi connectivity index (χ4v) is 5.33. The molecule has 168 valence electrons. The summed E-state index contributed by atoms with van der Waals surface area (Å²) in [7, 11) is -1.33. The van der Waals surface area contributed by atoms with Gasteiger partial charge in [-0.25, -0.2) is 12.7 Å². The van der Waals surface area contributed by atoms with Crippen LogP contribution < -0.4 is 15.5 Å². The third kappa shape index (κ3) is 6.84. The fraction of sp³-hybridized carbons (Fsp3) is 0.571. The molecule has 0 aliphatic carbocycles. The number of aliphatic imine (C=N–C) groups is 1. The molecular weight excluding hydrogens is 513 g/mol. The van der Waals surface area contributed by atoms with Crippen molar-refractivity contribution in [3.05, 3.63) is 42.0 Å². The number of hydrogen-bond acceptors (Lipinski definition) is 4. The van der Waals surface area contributed by atoms with Gasteiger partial charge in [-0.3, -0.25) is 4.99 Å². The maximum absolute atomic E-state index is 12.2. The topological polar surface area (TPSA) is 77.0 Å². The van der Waals surface area contributed by atoms with Crippen molar-refractivity contribution in [1.29, 1.82) is 0 Å². The van der Waals surface area contributed by atoms with E-state index >= 15 is 0 Å². The Hall–Kier alpha value is -1.33. The van der Waals surface area contributed by atoms with Crippen LogP contribution in [0.15, 0.2) is 41.4 Å². The molecule has 0 radical (unpaired) electrons. The van der Waals surface area contributed by atoms with Crippen molar-refractivity contribution < 1.29 is 8.42 Å². The number of piperidine rings is 1. The van der Waals surface area contributed by atoms with Crippen molar-refractivity contribution in [1.82, 2.24) is 14.9 Å². The molecule has 1 saturated heterocycles. The molecule has 1 aromatic rings. The predicted octanol–water partition coefficient (Wildman–Crippen LogP) is 2.55. The summed E-state index contributed by atoms with van der Waals surface area (Å²) in [6.45, 7) is 5.67. The van der Waals surface area contributed by atoms with Gasteiger partial charge in [0.15, 0.2) is 5.96 Å². The zero-order valence-electron chi connectivity index (χ0n) is 17.9. The lowest BCUT2D eigenvalue weighted by molar-refractivity contribution is 0.306. The van der Waals surface area contributed by atoms with E-state index in [9.17, 15) is 8.42 Å². The molecule has 0 spiro atoms. The van der Waals surface area contributed by atoms with Crippen LogP contribution in [0.4, 0.5) is 5.69 Å². The average molecular weight is 548 g/mol. The molecule has 0 aromatic heterocycles. The highest BCUT2D eigenvalue weighted by Gasteiger charge is 2.27. The first-order valence-electron chi connectivity index (χ1n) is 10.5. The van der Waals surface area contributed by atoms with E-state index in [1.807, 2.05) is 6.92 Å². The van der Waals surface area contributed by atoms with Crippen LogP contribution in [0.1, 0.15) is 31.7 Å². The maximum atomic E-state index is 12.2. The molecule has 7 nitrogen and oxygen atoms in total. The Morgan fingerprint density at radius 2 is 1.90 bits per heavy atom. The van der Waals surface area contributed by atoms with E-state index in [0.29, 0.717) is 26.1 Å². The molecule has 2 N–H and O–H groups in total. The first kappa shape index (κ1) is 24.9. The van der Waals surface area contributed by atoms with E-state index in [0.717, 1.165) is 31.9 Å². The molecule has 2 heterocycles. The maximum Gasteiger partial charge on any atom is 0.214 e. The Kier molecular flexibility index (Phi) is 9.89. The largest absolute Gasteiger partial charge is 0.364 e. The molecule has 2 aliphatic heterocycles. The van der Waals surface area contributed by atoms with Crippen molar-refractivity contribution >= 4 is 45.6 Å². The van der Waals surface area contributed by atoms with Gasteiger partial charge in [-0.1, -0.05) is 31.2 Å². The van der Waals surface area contributed by atoms with Gasteiger partial charge in [0.1, 0.15) is 0 Å². The zero-order valence-corrected chi connectivity index (χ0v) is 21.0. The van der Waals surface area contributed by atoms with Gasteiger partial charge in [-0.15, -0.1) is 24.0 Å². The highest BCUT2D eigenvalue weighted by molar-refractivity contribution is 14.0. The summed E-state index contributed by atoms with van der Waals surface area (Å²) in [6, 6.07) is 8.79. The van der Waals surface area contributed by atoms with Crippen molar-refractivity contribution in [3.8, 4) is 0 Å². The zero-order chi connectivity index (χ0) is 20.7. The Morgan fingerprint density at radius 3 is 2.53 bits per heavy atom. The molecule has 1 aromatic carbocycles. The van der Waals surface area contributed by atoms with Crippen LogP contribution >= 0.6 is 24.0 Å². The standard InChI is InChI=1S/C21H33N5O2S.HI/c1-3-15-29(27,28)26-13-9-19(10-14-26)24-21(22-2)23-17-18-7-6-8-20(16-18)25-11-4-5-12-25;/h4-8,16,19H,3,9-15,17H2,1-2H3,(H2,22,23,24);1H. The summed E-state index contributed by atoms with van der Waals surface area (Å²) in [4.78, 5) is 6.67. The molecule has 0 bridgehead atoms. The quantitative estimate of drug-likeness (QED) is 0.238. The summed E-state index contributed by atoms with van der Waals surface area (Å²) in [5.74, 6) is 0.994. The lowest BCUT2D eigenvalue weighted by atomic mass is 10.1. The van der Waals surface area contributed by atoms with E-state index in [1.165, 1.54) is 11.3 Å². The number of rotatable bonds is 7. The smallest absolute Gasteiger partial charge is 0.214 e. The first-order valence-corrected chi connectivity index (χ1v) is 12.1. The number of anilines is 1. The number of halogens is 1. The van der Waals surface area contributed by atoms with Crippen molar-refractivity contribution in [2.45, 2.75) is 38.8 Å². The number of hydrogen-bond donors (Lipinski definition) is 2. The molecule has 0 saturated carbocycles. The second-order valence-corrected chi connectivity index (χ2v) is 9.69. The van der Waals surface area contributed by atoms with Crippen LogP contribution in [-0.4, -0.2) is 63.7 Å². The van der Waals surface area contributed by atoms with Crippen LogP contribution in [0.25, 0.3) is 0 Å². The lowest BCUT2D eigenvalue weighted by Crippen LogP contribution is -2.49. The lowest BCUT2D eigenvalue weighted by Gasteiger charge is -2.32. The van der Waals surface area contributed by atoms with Crippen LogP contribution in [-0.2, 0) is 16.6 Å². The molecule has 2 aliphatic rings. The van der Waals surface area contributed by atoms with Gasteiger partial charge >= 0.3 is 0 Å². The SMILES string of the molecule is CCCS(=O)(=O)N1CCC(NC(=NC)NCc2cccc(N3CC=CC3)c2)CC1.I. The minimum Gasteiger partial charge on any atom is -0.364 e. The van der Waals surface area contributed by atoms with Crippen molar-refractivity contribution in [2.75, 3.05) is 43.9 Å². The summed E-state index contributed by atoms with van der Waals surface area (Å²) in [5.41, 5.74) is 2.44. The Labute approximate surface area is 198 Å². The minimum atomic E-state index is -3.10. The molecule has 0 unspecified atom stereocenters. The van der Waals surface area contributed by atoms with E-state index in [4.69, 9.17) is 0 Å². The number of nitrogens with one attached hydrogen (secondary N) is 2. The van der Waals surface area contributed by atoms with Crippen molar-refractivity contribution in [2.24, 2.45) is 4.99 Å². The normalized spacial score (nSPS) is 18.3. The van der Waals surface area contributed by atoms with Gasteiger partial charge in [-0.2, -0.15) is 0 Å². The molecule has 0 atom stereocenters. The van der Waals surface area contributed by atoms with E-state index < -0.39 is 10.0 Å². The van der Waals surface area contributed by atoms with Crippen LogP contribution in [0, 0.1) is 0 Å². The Morgan fingerprint density at radius 1 is 1.20 bits per heavy atom. The summed E-state index contributed by atoms with van der Waals surface area (Å²) in [6.07, 6.45) is 6.62. The van der Waals surface area contributed by atoms with Crippen LogP contribution in [0.2, 0.25) is 0 Å². The first-order chi connectivity index (χ1) is 14.0. The molecular formula is C21H34IN5O2S. The molecule has 3 rings (SSSR count). The molecule has 1 fully saturated rings. The second-order valence-electron chi connectivity index (χ2n) is 7.61. The number of nitrogens with zero attached hydrogens (tertiary/aromatic N) is 3. The molecule has 9 heteroatoms. The van der Waals surface area contributed by atoms with E-state index in [2.05, 4.69) is 56.9 Å². The number of guanidine groups is 1. The second kappa shape index (κ2) is 11.9. The highest BCUT2D eigenvalue weighted by atomic mass is 127. The summed E-state index contributed by atoms with van der Waals surface area (Å²) >= 11 is 0. The molecule has 30 heavy (non-hydrogen) atoms. The van der Waals surface area contributed by atoms with Crippen LogP contribution in [0.3, 0.4) is 0 Å². The summed E-state index contributed by atoms with van der Waals surface area (Å²) < 4.78 is 26.1. The summed E-state index contributed by atoms with van der Waals surface area (Å²) in [5, 5.41) is 6.83.